The molecule has 5 rings (SSSR count). The van der Waals surface area contributed by atoms with Gasteiger partial charge in [-0.2, -0.15) is 0 Å². The molecule has 45 heavy (non-hydrogen) atoms. The minimum atomic E-state index is 0.0629. The molecule has 0 aliphatic heterocycles. The van der Waals surface area contributed by atoms with Crippen LogP contribution in [0.1, 0.15) is 93.2 Å². The third-order valence-corrected chi connectivity index (χ3v) is 8.66. The Labute approximate surface area is 271 Å². The van der Waals surface area contributed by atoms with Gasteiger partial charge in [-0.05, 0) is 72.9 Å². The van der Waals surface area contributed by atoms with Gasteiger partial charge in [0, 0.05) is 11.0 Å². The molecule has 0 heterocycles. The molecule has 1 fully saturated rings. The maximum atomic E-state index is 5.09. The third-order valence-electron chi connectivity index (χ3n) is 8.66. The van der Waals surface area contributed by atoms with Crippen molar-refractivity contribution in [2.75, 3.05) is 0 Å². The van der Waals surface area contributed by atoms with Crippen LogP contribution >= 0.6 is 0 Å². The van der Waals surface area contributed by atoms with Crippen LogP contribution in [0.15, 0.2) is 143 Å². The summed E-state index contributed by atoms with van der Waals surface area (Å²) in [6.07, 6.45) is 14.7. The molecule has 0 unspecified atom stereocenters. The second-order valence-electron chi connectivity index (χ2n) is 11.3. The topological polar surface area (TPSA) is 24.7 Å². The Morgan fingerprint density at radius 1 is 0.689 bits per heavy atom. The fourth-order valence-electron chi connectivity index (χ4n) is 6.31. The highest BCUT2D eigenvalue weighted by atomic mass is 14.8. The van der Waals surface area contributed by atoms with Gasteiger partial charge in [0.25, 0.3) is 0 Å². The minimum absolute atomic E-state index is 0.0629. The molecule has 0 spiro atoms. The average molecular weight is 593 g/mol. The first-order valence-electron chi connectivity index (χ1n) is 16.5. The zero-order valence-electron chi connectivity index (χ0n) is 27.5. The van der Waals surface area contributed by atoms with Crippen molar-refractivity contribution < 1.29 is 0 Å². The fourth-order valence-corrected chi connectivity index (χ4v) is 6.31. The van der Waals surface area contributed by atoms with Crippen LogP contribution in [0.5, 0.6) is 0 Å². The highest BCUT2D eigenvalue weighted by Gasteiger charge is 2.35. The lowest BCUT2D eigenvalue weighted by Crippen LogP contribution is -2.30. The number of benzene rings is 4. The largest absolute Gasteiger partial charge is 0.280 e. The Hall–Kier alpha value is -4.56. The lowest BCUT2D eigenvalue weighted by molar-refractivity contribution is 0.346. The van der Waals surface area contributed by atoms with Gasteiger partial charge in [0.15, 0.2) is 0 Å². The maximum absolute atomic E-state index is 5.09. The van der Waals surface area contributed by atoms with Crippen LogP contribution in [0, 0.1) is 0 Å². The van der Waals surface area contributed by atoms with Crippen LogP contribution in [-0.2, 0) is 12.0 Å². The van der Waals surface area contributed by atoms with E-state index in [-0.39, 0.29) is 5.41 Å². The fraction of sp³-hybridized carbons (Fsp3) is 0.256. The summed E-state index contributed by atoms with van der Waals surface area (Å²) in [5, 5.41) is 0. The van der Waals surface area contributed by atoms with Crippen LogP contribution in [0.3, 0.4) is 0 Å². The van der Waals surface area contributed by atoms with E-state index in [1.165, 1.54) is 59.9 Å². The molecule has 2 heteroatoms. The highest BCUT2D eigenvalue weighted by molar-refractivity contribution is 6.12. The van der Waals surface area contributed by atoms with Crippen molar-refractivity contribution in [3.63, 3.8) is 0 Å². The molecule has 0 saturated heterocycles. The standard InChI is InChI=1S/C41H42N2.C2H6/c1-4-15-33(5-2)34-22-26-38(27-23-34)41(28-13-8-14-29-41)37-24-20-32(21-25-37)31-43-40(36-18-11-7-12-19-36)30-39(42-3)35-16-9-6-10-17-35;1-2/h4-7,9-12,15-27,30H,3,8,13-14,28-29,31H2,1-2H3;1-2H3/b15-4-,33-5+,39-30-,43-40?;. The Morgan fingerprint density at radius 2 is 1.24 bits per heavy atom. The van der Waals surface area contributed by atoms with Gasteiger partial charge in [0.1, 0.15) is 0 Å². The molecule has 1 saturated carbocycles. The first-order valence-corrected chi connectivity index (χ1v) is 16.5. The van der Waals surface area contributed by atoms with Gasteiger partial charge in [0.05, 0.1) is 18.0 Å². The van der Waals surface area contributed by atoms with Crippen molar-refractivity contribution >= 4 is 23.7 Å². The van der Waals surface area contributed by atoms with Crippen LogP contribution in [0.4, 0.5) is 0 Å². The smallest absolute Gasteiger partial charge is 0.0716 e. The molecule has 4 aromatic carbocycles. The number of allylic oxidation sites excluding steroid dienone is 5. The normalized spacial score (nSPS) is 15.3. The Kier molecular flexibility index (Phi) is 12.6. The molecule has 2 nitrogen and oxygen atoms in total. The van der Waals surface area contributed by atoms with Gasteiger partial charge in [0.2, 0.25) is 0 Å². The van der Waals surface area contributed by atoms with Gasteiger partial charge in [-0.25, -0.2) is 0 Å². The van der Waals surface area contributed by atoms with Crippen molar-refractivity contribution in [2.45, 2.75) is 71.8 Å². The van der Waals surface area contributed by atoms with Crippen LogP contribution in [0.25, 0.3) is 11.3 Å². The van der Waals surface area contributed by atoms with Crippen molar-refractivity contribution in [1.82, 2.24) is 0 Å². The van der Waals surface area contributed by atoms with E-state index in [1.54, 1.807) is 0 Å². The van der Waals surface area contributed by atoms with Crippen LogP contribution in [-0.4, -0.2) is 12.4 Å². The van der Waals surface area contributed by atoms with E-state index >= 15 is 0 Å². The summed E-state index contributed by atoms with van der Waals surface area (Å²) in [7, 11) is 0. The summed E-state index contributed by atoms with van der Waals surface area (Å²) in [6.45, 7) is 12.6. The summed E-state index contributed by atoms with van der Waals surface area (Å²) < 4.78 is 0. The average Bonchev–Trinajstić information content (AvgIpc) is 3.13. The molecule has 0 atom stereocenters. The van der Waals surface area contributed by atoms with Gasteiger partial charge >= 0.3 is 0 Å². The van der Waals surface area contributed by atoms with E-state index in [4.69, 9.17) is 4.99 Å². The number of rotatable bonds is 10. The second-order valence-corrected chi connectivity index (χ2v) is 11.3. The molecule has 4 aromatic rings. The number of hydrogen-bond donors (Lipinski definition) is 0. The summed E-state index contributed by atoms with van der Waals surface area (Å²) in [4.78, 5) is 9.42. The SMILES string of the molecule is C=N/C(=C\C(=NCc1ccc(C2(c3ccc(C(/C=C\C)=C/C)cc3)CCCCC2)cc1)c1ccccc1)c1ccccc1.CC. The molecular weight excluding hydrogens is 544 g/mol. The lowest BCUT2D eigenvalue weighted by Gasteiger charge is -2.39. The van der Waals surface area contributed by atoms with E-state index in [1.807, 2.05) is 56.3 Å². The van der Waals surface area contributed by atoms with E-state index < -0.39 is 0 Å². The van der Waals surface area contributed by atoms with Crippen molar-refractivity contribution in [1.29, 1.82) is 0 Å². The molecule has 1 aliphatic carbocycles. The van der Waals surface area contributed by atoms with E-state index in [0.717, 1.165) is 22.5 Å². The monoisotopic (exact) mass is 592 g/mol. The van der Waals surface area contributed by atoms with Crippen LogP contribution in [0.2, 0.25) is 0 Å². The predicted molar refractivity (Wildman–Crippen MR) is 197 cm³/mol. The molecule has 0 aromatic heterocycles. The minimum Gasteiger partial charge on any atom is -0.280 e. The van der Waals surface area contributed by atoms with E-state index in [9.17, 15) is 0 Å². The summed E-state index contributed by atoms with van der Waals surface area (Å²) in [5.41, 5.74) is 10.5. The third kappa shape index (κ3) is 8.34. The van der Waals surface area contributed by atoms with Crippen molar-refractivity contribution in [2.24, 2.45) is 9.98 Å². The quantitative estimate of drug-likeness (QED) is 0.129. The Balaban J connectivity index is 0.00000226. The van der Waals surface area contributed by atoms with Gasteiger partial charge in [-0.1, -0.05) is 161 Å². The molecule has 0 radical (unpaired) electrons. The van der Waals surface area contributed by atoms with Gasteiger partial charge < -0.3 is 0 Å². The lowest BCUT2D eigenvalue weighted by atomic mass is 9.65. The van der Waals surface area contributed by atoms with Crippen LogP contribution < -0.4 is 0 Å². The molecule has 0 amide bonds. The predicted octanol–water partition coefficient (Wildman–Crippen LogP) is 11.7. The maximum Gasteiger partial charge on any atom is 0.0716 e. The second kappa shape index (κ2) is 17.1. The summed E-state index contributed by atoms with van der Waals surface area (Å²) in [6, 6.07) is 39.0. The van der Waals surface area contributed by atoms with Crippen molar-refractivity contribution in [3.8, 4) is 0 Å². The summed E-state index contributed by atoms with van der Waals surface area (Å²) in [5.74, 6) is 0. The van der Waals surface area contributed by atoms with Crippen molar-refractivity contribution in [3.05, 3.63) is 167 Å². The first-order chi connectivity index (χ1) is 22.2. The van der Waals surface area contributed by atoms with E-state index in [0.29, 0.717) is 6.54 Å². The number of hydrogen-bond acceptors (Lipinski definition) is 2. The first kappa shape index (κ1) is 33.3. The molecular formula is C43H48N2. The summed E-state index contributed by atoms with van der Waals surface area (Å²) >= 11 is 0. The molecule has 230 valence electrons. The zero-order valence-corrected chi connectivity index (χ0v) is 27.5. The Morgan fingerprint density at radius 3 is 1.78 bits per heavy atom. The molecule has 0 N–H and O–H groups in total. The molecule has 0 bridgehead atoms. The highest BCUT2D eigenvalue weighted by Crippen LogP contribution is 2.45. The van der Waals surface area contributed by atoms with Gasteiger partial charge in [-0.15, -0.1) is 0 Å². The van der Waals surface area contributed by atoms with E-state index in [2.05, 4.69) is 117 Å². The molecule has 1 aliphatic rings. The Bertz CT molecular complexity index is 1600. The number of aliphatic imine (C=N–C) groups is 2. The zero-order chi connectivity index (χ0) is 31.9. The number of nitrogens with zero attached hydrogens (tertiary/aromatic N) is 2. The van der Waals surface area contributed by atoms with Gasteiger partial charge in [-0.3, -0.25) is 9.98 Å².